The highest BCUT2D eigenvalue weighted by Gasteiger charge is 2.30. The van der Waals surface area contributed by atoms with Crippen molar-refractivity contribution in [1.29, 1.82) is 0 Å². The summed E-state index contributed by atoms with van der Waals surface area (Å²) >= 11 is 4.37. The zero-order valence-electron chi connectivity index (χ0n) is 7.89. The van der Waals surface area contributed by atoms with Gasteiger partial charge >= 0.3 is 0 Å². The molecule has 3 unspecified atom stereocenters. The monoisotopic (exact) mass is 176 g/mol. The molecule has 0 fully saturated rings. The Balaban J connectivity index is 4.24. The van der Waals surface area contributed by atoms with Crippen LogP contribution in [0.5, 0.6) is 0 Å². The molecule has 0 aromatic heterocycles. The summed E-state index contributed by atoms with van der Waals surface area (Å²) in [7, 11) is 1.90. The molecule has 3 N–H and O–H groups in total. The molecule has 0 spiro atoms. The van der Waals surface area contributed by atoms with Gasteiger partial charge in [0.15, 0.2) is 0 Å². The Hall–Kier alpha value is 0.270. The number of hydrogen-bond donors (Lipinski definition) is 3. The summed E-state index contributed by atoms with van der Waals surface area (Å²) in [5.74, 6) is 0.376. The van der Waals surface area contributed by atoms with E-state index in [1.54, 1.807) is 0 Å². The molecule has 0 aliphatic carbocycles. The van der Waals surface area contributed by atoms with Crippen LogP contribution in [0.3, 0.4) is 0 Å². The van der Waals surface area contributed by atoms with Crippen molar-refractivity contribution in [2.24, 2.45) is 11.7 Å². The van der Waals surface area contributed by atoms with Gasteiger partial charge in [0.25, 0.3) is 0 Å². The van der Waals surface area contributed by atoms with Gasteiger partial charge < -0.3 is 11.1 Å². The first-order valence-electron chi connectivity index (χ1n) is 4.13. The fourth-order valence-corrected chi connectivity index (χ4v) is 1.42. The first-order chi connectivity index (χ1) is 4.98. The van der Waals surface area contributed by atoms with E-state index < -0.39 is 0 Å². The Labute approximate surface area is 75.3 Å². The van der Waals surface area contributed by atoms with Crippen molar-refractivity contribution in [1.82, 2.24) is 5.32 Å². The summed E-state index contributed by atoms with van der Waals surface area (Å²) in [6.07, 6.45) is 0.926. The van der Waals surface area contributed by atoms with E-state index in [1.165, 1.54) is 0 Å². The van der Waals surface area contributed by atoms with Crippen molar-refractivity contribution in [3.05, 3.63) is 0 Å². The van der Waals surface area contributed by atoms with Gasteiger partial charge in [-0.2, -0.15) is 12.6 Å². The third-order valence-corrected chi connectivity index (χ3v) is 3.03. The van der Waals surface area contributed by atoms with E-state index >= 15 is 0 Å². The molecule has 0 aliphatic heterocycles. The molecule has 0 aliphatic rings. The smallest absolute Gasteiger partial charge is 0.0693 e. The second-order valence-electron chi connectivity index (χ2n) is 3.17. The SMILES string of the molecule is CCC(N)(NC)C(C)C(C)S. The Kier molecular flexibility index (Phi) is 4.44. The Morgan fingerprint density at radius 1 is 1.55 bits per heavy atom. The first-order valence-corrected chi connectivity index (χ1v) is 4.65. The van der Waals surface area contributed by atoms with Crippen molar-refractivity contribution in [3.63, 3.8) is 0 Å². The molecule has 11 heavy (non-hydrogen) atoms. The molecule has 2 nitrogen and oxygen atoms in total. The van der Waals surface area contributed by atoms with Crippen LogP contribution in [0.1, 0.15) is 27.2 Å². The van der Waals surface area contributed by atoms with Crippen molar-refractivity contribution in [2.45, 2.75) is 38.1 Å². The second kappa shape index (κ2) is 4.33. The van der Waals surface area contributed by atoms with Crippen molar-refractivity contribution in [3.8, 4) is 0 Å². The Morgan fingerprint density at radius 2 is 2.00 bits per heavy atom. The number of nitrogens with one attached hydrogen (secondary N) is 1. The zero-order valence-corrected chi connectivity index (χ0v) is 8.78. The van der Waals surface area contributed by atoms with Crippen LogP contribution in [0.15, 0.2) is 0 Å². The minimum absolute atomic E-state index is 0.263. The molecule has 3 atom stereocenters. The normalized spacial score (nSPS) is 22.4. The largest absolute Gasteiger partial charge is 0.313 e. The Morgan fingerprint density at radius 3 is 2.09 bits per heavy atom. The molecular formula is C8H20N2S. The van der Waals surface area contributed by atoms with Crippen LogP contribution >= 0.6 is 12.6 Å². The predicted octanol–water partition coefficient (Wildman–Crippen LogP) is 1.23. The lowest BCUT2D eigenvalue weighted by molar-refractivity contribution is 0.235. The number of hydrogen-bond acceptors (Lipinski definition) is 3. The third kappa shape index (κ3) is 2.65. The van der Waals surface area contributed by atoms with Gasteiger partial charge in [-0.15, -0.1) is 0 Å². The maximum atomic E-state index is 6.08. The molecule has 0 saturated heterocycles. The quantitative estimate of drug-likeness (QED) is 0.445. The molecule has 0 saturated carbocycles. The van der Waals surface area contributed by atoms with Crippen LogP contribution in [0, 0.1) is 5.92 Å². The summed E-state index contributed by atoms with van der Waals surface area (Å²) in [4.78, 5) is 0. The van der Waals surface area contributed by atoms with E-state index in [4.69, 9.17) is 5.73 Å². The third-order valence-electron chi connectivity index (χ3n) is 2.59. The standard InChI is InChI=1S/C8H20N2S/c1-5-8(9,10-4)6(2)7(3)11/h6-7,10-11H,5,9H2,1-4H3. The predicted molar refractivity (Wildman–Crippen MR) is 53.9 cm³/mol. The van der Waals surface area contributed by atoms with Crippen LogP contribution in [-0.4, -0.2) is 18.0 Å². The second-order valence-corrected chi connectivity index (χ2v) is 3.99. The van der Waals surface area contributed by atoms with E-state index in [0.29, 0.717) is 11.2 Å². The van der Waals surface area contributed by atoms with Gasteiger partial charge in [0, 0.05) is 5.25 Å². The summed E-state index contributed by atoms with van der Waals surface area (Å²) < 4.78 is 0. The maximum Gasteiger partial charge on any atom is 0.0693 e. The van der Waals surface area contributed by atoms with E-state index in [2.05, 4.69) is 38.7 Å². The van der Waals surface area contributed by atoms with Crippen molar-refractivity contribution in [2.75, 3.05) is 7.05 Å². The lowest BCUT2D eigenvalue weighted by atomic mass is 9.90. The molecule has 0 aromatic rings. The summed E-state index contributed by atoms with van der Waals surface area (Å²) in [6.45, 7) is 6.28. The van der Waals surface area contributed by atoms with Gasteiger partial charge in [-0.05, 0) is 19.4 Å². The fourth-order valence-electron chi connectivity index (χ4n) is 1.16. The first kappa shape index (κ1) is 11.3. The highest BCUT2D eigenvalue weighted by molar-refractivity contribution is 7.80. The van der Waals surface area contributed by atoms with Gasteiger partial charge in [0.05, 0.1) is 5.66 Å². The number of thiol groups is 1. The highest BCUT2D eigenvalue weighted by atomic mass is 32.1. The molecule has 68 valence electrons. The summed E-state index contributed by atoms with van der Waals surface area (Å²) in [5.41, 5.74) is 5.82. The fraction of sp³-hybridized carbons (Fsp3) is 1.00. The molecule has 0 rings (SSSR count). The van der Waals surface area contributed by atoms with Crippen LogP contribution in [0.25, 0.3) is 0 Å². The van der Waals surface area contributed by atoms with Gasteiger partial charge in [-0.1, -0.05) is 20.8 Å². The highest BCUT2D eigenvalue weighted by Crippen LogP contribution is 2.21. The number of rotatable bonds is 4. The Bertz CT molecular complexity index is 111. The lowest BCUT2D eigenvalue weighted by Crippen LogP contribution is -2.58. The molecule has 0 aromatic carbocycles. The van der Waals surface area contributed by atoms with Crippen molar-refractivity contribution < 1.29 is 0 Å². The molecule has 3 heteroatoms. The minimum Gasteiger partial charge on any atom is -0.313 e. The topological polar surface area (TPSA) is 38.0 Å². The molecule has 0 bridgehead atoms. The number of nitrogens with two attached hydrogens (primary N) is 1. The average Bonchev–Trinajstić information content (AvgIpc) is 2.01. The van der Waals surface area contributed by atoms with E-state index in [0.717, 1.165) is 6.42 Å². The summed E-state index contributed by atoms with van der Waals surface area (Å²) in [5, 5.41) is 3.46. The van der Waals surface area contributed by atoms with Crippen LogP contribution in [0.4, 0.5) is 0 Å². The molecule has 0 heterocycles. The van der Waals surface area contributed by atoms with Crippen molar-refractivity contribution >= 4 is 12.6 Å². The van der Waals surface area contributed by atoms with E-state index in [9.17, 15) is 0 Å². The van der Waals surface area contributed by atoms with Gasteiger partial charge in [-0.3, -0.25) is 0 Å². The zero-order chi connectivity index (χ0) is 9.07. The van der Waals surface area contributed by atoms with Gasteiger partial charge in [-0.25, -0.2) is 0 Å². The van der Waals surface area contributed by atoms with Crippen LogP contribution < -0.4 is 11.1 Å². The van der Waals surface area contributed by atoms with Gasteiger partial charge in [0.2, 0.25) is 0 Å². The molecule has 0 radical (unpaired) electrons. The maximum absolute atomic E-state index is 6.08. The van der Waals surface area contributed by atoms with E-state index in [1.807, 2.05) is 7.05 Å². The van der Waals surface area contributed by atoms with Crippen LogP contribution in [-0.2, 0) is 0 Å². The van der Waals surface area contributed by atoms with Crippen LogP contribution in [0.2, 0.25) is 0 Å². The van der Waals surface area contributed by atoms with E-state index in [-0.39, 0.29) is 5.66 Å². The minimum atomic E-state index is -0.263. The molecule has 0 amide bonds. The summed E-state index contributed by atoms with van der Waals surface area (Å²) in [6, 6.07) is 0. The lowest BCUT2D eigenvalue weighted by Gasteiger charge is -2.36. The van der Waals surface area contributed by atoms with Gasteiger partial charge in [0.1, 0.15) is 0 Å². The molecular weight excluding hydrogens is 156 g/mol. The average molecular weight is 176 g/mol.